The minimum atomic E-state index is -0.857. The summed E-state index contributed by atoms with van der Waals surface area (Å²) in [7, 11) is 3.23. The van der Waals surface area contributed by atoms with E-state index in [2.05, 4.69) is 16.0 Å². The zero-order chi connectivity index (χ0) is 22.7. The largest absolute Gasteiger partial charge is 0.349 e. The molecule has 3 N–H and O–H groups in total. The second-order valence-corrected chi connectivity index (χ2v) is 8.19. The van der Waals surface area contributed by atoms with Crippen LogP contribution in [-0.2, 0) is 24.0 Å². The Bertz CT molecular complexity index is 589. The van der Waals surface area contributed by atoms with Gasteiger partial charge in [-0.1, -0.05) is 27.7 Å². The summed E-state index contributed by atoms with van der Waals surface area (Å²) in [5.74, 6) is -1.49. The minimum Gasteiger partial charge on any atom is -0.349 e. The minimum absolute atomic E-state index is 0.106. The monoisotopic (exact) mass is 412 g/mol. The molecule has 4 amide bonds. The van der Waals surface area contributed by atoms with Crippen molar-refractivity contribution in [1.82, 2.24) is 20.9 Å². The molecule has 0 heterocycles. The van der Waals surface area contributed by atoms with Crippen molar-refractivity contribution in [2.75, 3.05) is 14.1 Å². The lowest BCUT2D eigenvalue weighted by molar-refractivity contribution is -0.133. The smallest absolute Gasteiger partial charge is 0.243 e. The Kier molecular flexibility index (Phi) is 11.8. The van der Waals surface area contributed by atoms with E-state index in [-0.39, 0.29) is 36.5 Å². The second kappa shape index (κ2) is 12.9. The van der Waals surface area contributed by atoms with E-state index < -0.39 is 29.9 Å². The second-order valence-electron chi connectivity index (χ2n) is 8.19. The maximum Gasteiger partial charge on any atom is 0.243 e. The molecule has 0 saturated heterocycles. The number of nitrogens with one attached hydrogen (secondary N) is 3. The fourth-order valence-electron chi connectivity index (χ4n) is 2.68. The van der Waals surface area contributed by atoms with Gasteiger partial charge in [-0.2, -0.15) is 0 Å². The third-order valence-corrected chi connectivity index (χ3v) is 4.31. The molecule has 0 spiro atoms. The predicted octanol–water partition coefficient (Wildman–Crippen LogP) is 0.230. The first-order chi connectivity index (χ1) is 13.4. The summed E-state index contributed by atoms with van der Waals surface area (Å²) in [6.07, 6.45) is 1.25. The third kappa shape index (κ3) is 10.6. The van der Waals surface area contributed by atoms with Crippen molar-refractivity contribution in [2.45, 2.75) is 72.0 Å². The van der Waals surface area contributed by atoms with E-state index in [1.54, 1.807) is 27.9 Å². The fraction of sp³-hybridized carbons (Fsp3) is 0.750. The number of nitrogens with zero attached hydrogens (tertiary/aromatic N) is 1. The van der Waals surface area contributed by atoms with E-state index in [1.165, 1.54) is 11.8 Å². The summed E-state index contributed by atoms with van der Waals surface area (Å²) in [6.45, 7) is 8.73. The topological polar surface area (TPSA) is 125 Å². The molecule has 0 aliphatic rings. The highest BCUT2D eigenvalue weighted by Gasteiger charge is 2.29. The molecule has 166 valence electrons. The van der Waals surface area contributed by atoms with Crippen LogP contribution in [-0.4, -0.2) is 67.0 Å². The molecule has 9 nitrogen and oxygen atoms in total. The van der Waals surface area contributed by atoms with Crippen LogP contribution in [0.1, 0.15) is 53.9 Å². The van der Waals surface area contributed by atoms with Crippen LogP contribution in [0.4, 0.5) is 0 Å². The summed E-state index contributed by atoms with van der Waals surface area (Å²) in [5.41, 5.74) is 0. The molecule has 0 bridgehead atoms. The summed E-state index contributed by atoms with van der Waals surface area (Å²) < 4.78 is 0. The Balaban J connectivity index is 5.16. The zero-order valence-electron chi connectivity index (χ0n) is 18.6. The van der Waals surface area contributed by atoms with Crippen molar-refractivity contribution in [3.05, 3.63) is 0 Å². The molecule has 3 atom stereocenters. The van der Waals surface area contributed by atoms with Crippen LogP contribution in [0, 0.1) is 11.8 Å². The highest BCUT2D eigenvalue weighted by molar-refractivity contribution is 5.92. The number of carbonyl (C=O) groups excluding carboxylic acids is 5. The average Bonchev–Trinajstić information content (AvgIpc) is 2.60. The van der Waals surface area contributed by atoms with Gasteiger partial charge in [0.1, 0.15) is 18.4 Å². The Hall–Kier alpha value is -2.45. The van der Waals surface area contributed by atoms with Gasteiger partial charge >= 0.3 is 0 Å². The quantitative estimate of drug-likeness (QED) is 0.396. The van der Waals surface area contributed by atoms with Crippen molar-refractivity contribution in [3.63, 3.8) is 0 Å². The Morgan fingerprint density at radius 1 is 0.931 bits per heavy atom. The molecule has 0 aromatic carbocycles. The van der Waals surface area contributed by atoms with Crippen molar-refractivity contribution in [1.29, 1.82) is 0 Å². The lowest BCUT2D eigenvalue weighted by Gasteiger charge is -2.26. The number of amides is 4. The van der Waals surface area contributed by atoms with Gasteiger partial charge in [-0.3, -0.25) is 19.2 Å². The van der Waals surface area contributed by atoms with E-state index >= 15 is 0 Å². The molecule has 1 unspecified atom stereocenters. The normalized spacial score (nSPS) is 14.0. The number of hydrogen-bond donors (Lipinski definition) is 3. The van der Waals surface area contributed by atoms with E-state index in [4.69, 9.17) is 0 Å². The van der Waals surface area contributed by atoms with Crippen LogP contribution in [0.5, 0.6) is 0 Å². The molecule has 0 aromatic rings. The molecule has 0 radical (unpaired) electrons. The van der Waals surface area contributed by atoms with E-state index in [0.29, 0.717) is 12.7 Å². The average molecular weight is 413 g/mol. The van der Waals surface area contributed by atoms with Gasteiger partial charge in [0, 0.05) is 27.4 Å². The van der Waals surface area contributed by atoms with Gasteiger partial charge in [0.05, 0.1) is 6.04 Å². The van der Waals surface area contributed by atoms with Gasteiger partial charge in [0.25, 0.3) is 0 Å². The number of carbonyl (C=O) groups is 5. The zero-order valence-corrected chi connectivity index (χ0v) is 18.6. The van der Waals surface area contributed by atoms with Crippen LogP contribution in [0.15, 0.2) is 0 Å². The summed E-state index contributed by atoms with van der Waals surface area (Å²) >= 11 is 0. The number of aldehydes is 1. The molecule has 0 aromatic heterocycles. The third-order valence-electron chi connectivity index (χ3n) is 4.31. The molecule has 29 heavy (non-hydrogen) atoms. The first-order valence-corrected chi connectivity index (χ1v) is 9.92. The molecular weight excluding hydrogens is 376 g/mol. The van der Waals surface area contributed by atoms with Gasteiger partial charge in [-0.25, -0.2) is 0 Å². The molecule has 0 fully saturated rings. The summed E-state index contributed by atoms with van der Waals surface area (Å²) in [6, 6.07) is -2.45. The maximum absolute atomic E-state index is 12.7. The van der Waals surface area contributed by atoms with Gasteiger partial charge in [0.15, 0.2) is 0 Å². The fourth-order valence-corrected chi connectivity index (χ4v) is 2.68. The lowest BCUT2D eigenvalue weighted by Crippen LogP contribution is -2.56. The van der Waals surface area contributed by atoms with Crippen LogP contribution in [0.3, 0.4) is 0 Å². The molecule has 0 rings (SSSR count). The van der Waals surface area contributed by atoms with Crippen LogP contribution >= 0.6 is 0 Å². The van der Waals surface area contributed by atoms with Crippen molar-refractivity contribution >= 4 is 29.9 Å². The lowest BCUT2D eigenvalue weighted by atomic mass is 9.99. The van der Waals surface area contributed by atoms with Crippen molar-refractivity contribution in [2.24, 2.45) is 11.8 Å². The molecule has 0 aliphatic carbocycles. The van der Waals surface area contributed by atoms with E-state index in [9.17, 15) is 24.0 Å². The van der Waals surface area contributed by atoms with Gasteiger partial charge in [-0.15, -0.1) is 0 Å². The first-order valence-electron chi connectivity index (χ1n) is 9.92. The van der Waals surface area contributed by atoms with Gasteiger partial charge < -0.3 is 25.6 Å². The van der Waals surface area contributed by atoms with Gasteiger partial charge in [0.2, 0.25) is 23.6 Å². The van der Waals surface area contributed by atoms with Crippen molar-refractivity contribution in [3.8, 4) is 0 Å². The van der Waals surface area contributed by atoms with E-state index in [1.807, 2.05) is 13.8 Å². The highest BCUT2D eigenvalue weighted by Crippen LogP contribution is 2.09. The van der Waals surface area contributed by atoms with Gasteiger partial charge in [-0.05, 0) is 24.7 Å². The molecule has 9 heteroatoms. The van der Waals surface area contributed by atoms with Crippen LogP contribution in [0.25, 0.3) is 0 Å². The molecule has 0 aliphatic heterocycles. The first kappa shape index (κ1) is 26.6. The Labute approximate surface area is 173 Å². The van der Waals surface area contributed by atoms with Crippen molar-refractivity contribution < 1.29 is 24.0 Å². The Morgan fingerprint density at radius 3 is 1.93 bits per heavy atom. The van der Waals surface area contributed by atoms with Crippen LogP contribution in [0.2, 0.25) is 0 Å². The summed E-state index contributed by atoms with van der Waals surface area (Å²) in [4.78, 5) is 61.2. The summed E-state index contributed by atoms with van der Waals surface area (Å²) in [5, 5.41) is 7.88. The number of rotatable bonds is 12. The predicted molar refractivity (Wildman–Crippen MR) is 110 cm³/mol. The van der Waals surface area contributed by atoms with Crippen LogP contribution < -0.4 is 16.0 Å². The Morgan fingerprint density at radius 2 is 1.52 bits per heavy atom. The van der Waals surface area contributed by atoms with E-state index in [0.717, 1.165) is 0 Å². The standard InChI is InChI=1S/C20H36N4O5/c1-12(2)10-16(23-20(29)18(13(3)4)21-14(5)26)19(28)22-15(11-25)8-9-17(27)24(6)7/h11-13,15-16,18H,8-10H2,1-7H3,(H,21,26)(H,22,28)(H,23,29)/t15?,16-,18-/m0/s1. The highest BCUT2D eigenvalue weighted by atomic mass is 16.2. The molecular formula is C20H36N4O5. The number of hydrogen-bond acceptors (Lipinski definition) is 5. The molecule has 0 saturated carbocycles. The maximum atomic E-state index is 12.7. The SMILES string of the molecule is CC(=O)N[C@H](C(=O)N[C@@H](CC(C)C)C(=O)NC(C=O)CCC(=O)N(C)C)C(C)C.